The van der Waals surface area contributed by atoms with Gasteiger partial charge in [0.05, 0.1) is 30.9 Å². The molecule has 1 aromatic heterocycles. The van der Waals surface area contributed by atoms with Crippen molar-refractivity contribution in [2.45, 2.75) is 17.9 Å². The summed E-state index contributed by atoms with van der Waals surface area (Å²) in [5, 5.41) is 12.6. The Labute approximate surface area is 117 Å². The standard InChI is InChI=1S/C10H17N3O5S2/c14-3-2-13-7-10(6-11-13)20(17,18)12-5-9-1-4-19(15,16)8-9/h6-7,9,12,14H,1-5,8H2. The number of rotatable bonds is 6. The third-order valence-corrected chi connectivity index (χ3v) is 6.35. The number of hydrogen-bond acceptors (Lipinski definition) is 6. The molecule has 1 aliphatic heterocycles. The van der Waals surface area contributed by atoms with E-state index in [2.05, 4.69) is 9.82 Å². The first-order valence-electron chi connectivity index (χ1n) is 6.16. The third-order valence-electron chi connectivity index (χ3n) is 3.14. The van der Waals surface area contributed by atoms with Crippen molar-refractivity contribution in [1.82, 2.24) is 14.5 Å². The van der Waals surface area contributed by atoms with E-state index in [-0.39, 0.29) is 42.0 Å². The van der Waals surface area contributed by atoms with E-state index in [1.54, 1.807) is 0 Å². The Bertz CT molecular complexity index is 665. The highest BCUT2D eigenvalue weighted by atomic mass is 32.2. The monoisotopic (exact) mass is 323 g/mol. The van der Waals surface area contributed by atoms with Crippen molar-refractivity contribution in [2.24, 2.45) is 5.92 Å². The zero-order chi connectivity index (χ0) is 14.8. The molecule has 1 saturated heterocycles. The van der Waals surface area contributed by atoms with E-state index in [1.165, 1.54) is 17.1 Å². The van der Waals surface area contributed by atoms with Crippen molar-refractivity contribution in [3.8, 4) is 0 Å². The molecule has 0 aromatic carbocycles. The Morgan fingerprint density at radius 2 is 2.25 bits per heavy atom. The van der Waals surface area contributed by atoms with Gasteiger partial charge in [-0.25, -0.2) is 21.6 Å². The van der Waals surface area contributed by atoms with Crippen molar-refractivity contribution in [3.05, 3.63) is 12.4 Å². The topological polar surface area (TPSA) is 118 Å². The van der Waals surface area contributed by atoms with Gasteiger partial charge in [-0.05, 0) is 12.3 Å². The molecule has 0 saturated carbocycles. The highest BCUT2D eigenvalue weighted by Crippen LogP contribution is 2.18. The van der Waals surface area contributed by atoms with Crippen LogP contribution in [0.3, 0.4) is 0 Å². The normalized spacial score (nSPS) is 22.1. The molecule has 2 N–H and O–H groups in total. The summed E-state index contributed by atoms with van der Waals surface area (Å²) in [6, 6.07) is 0. The summed E-state index contributed by atoms with van der Waals surface area (Å²) in [6.07, 6.45) is 3.00. The van der Waals surface area contributed by atoms with Gasteiger partial charge in [-0.15, -0.1) is 0 Å². The van der Waals surface area contributed by atoms with E-state index in [4.69, 9.17) is 5.11 Å². The van der Waals surface area contributed by atoms with Crippen molar-refractivity contribution in [1.29, 1.82) is 0 Å². The maximum Gasteiger partial charge on any atom is 0.243 e. The molecule has 0 bridgehead atoms. The summed E-state index contributed by atoms with van der Waals surface area (Å²) in [5.41, 5.74) is 0. The first kappa shape index (κ1) is 15.4. The van der Waals surface area contributed by atoms with Gasteiger partial charge in [0.15, 0.2) is 9.84 Å². The molecule has 114 valence electrons. The fraction of sp³-hybridized carbons (Fsp3) is 0.700. The zero-order valence-corrected chi connectivity index (χ0v) is 12.4. The average molecular weight is 323 g/mol. The summed E-state index contributed by atoms with van der Waals surface area (Å²) in [7, 11) is -6.70. The number of nitrogens with one attached hydrogen (secondary N) is 1. The molecule has 1 aromatic rings. The fourth-order valence-corrected chi connectivity index (χ4v) is 4.98. The summed E-state index contributed by atoms with van der Waals surface area (Å²) in [6.45, 7) is 0.192. The molecule has 10 heteroatoms. The molecule has 0 amide bonds. The van der Waals surface area contributed by atoms with Crippen LogP contribution in [0, 0.1) is 5.92 Å². The van der Waals surface area contributed by atoms with Crippen molar-refractivity contribution >= 4 is 19.9 Å². The number of aliphatic hydroxyl groups excluding tert-OH is 1. The molecule has 1 fully saturated rings. The van der Waals surface area contributed by atoms with Gasteiger partial charge in [-0.3, -0.25) is 4.68 Å². The number of aromatic nitrogens is 2. The second kappa shape index (κ2) is 5.80. The lowest BCUT2D eigenvalue weighted by Crippen LogP contribution is -2.29. The Kier molecular flexibility index (Phi) is 4.47. The molecule has 8 nitrogen and oxygen atoms in total. The van der Waals surface area contributed by atoms with Crippen LogP contribution in [0.4, 0.5) is 0 Å². The highest BCUT2D eigenvalue weighted by Gasteiger charge is 2.29. The predicted molar refractivity (Wildman–Crippen MR) is 71.3 cm³/mol. The summed E-state index contributed by atoms with van der Waals surface area (Å²) in [4.78, 5) is 0.00630. The molecule has 0 radical (unpaired) electrons. The van der Waals surface area contributed by atoms with Crippen molar-refractivity contribution in [2.75, 3.05) is 24.7 Å². The molecule has 2 heterocycles. The fourth-order valence-electron chi connectivity index (χ4n) is 2.05. The van der Waals surface area contributed by atoms with Crippen LogP contribution in [0.2, 0.25) is 0 Å². The van der Waals surface area contributed by atoms with Crippen LogP contribution in [0.25, 0.3) is 0 Å². The largest absolute Gasteiger partial charge is 0.394 e. The number of sulfonamides is 1. The zero-order valence-electron chi connectivity index (χ0n) is 10.8. The number of aliphatic hydroxyl groups is 1. The van der Waals surface area contributed by atoms with Gasteiger partial charge < -0.3 is 5.11 Å². The molecule has 1 atom stereocenters. The summed E-state index contributed by atoms with van der Waals surface area (Å²) in [5.74, 6) is -0.0325. The number of hydrogen-bond donors (Lipinski definition) is 2. The Morgan fingerprint density at radius 1 is 1.50 bits per heavy atom. The maximum absolute atomic E-state index is 12.0. The van der Waals surface area contributed by atoms with E-state index in [0.29, 0.717) is 6.42 Å². The third kappa shape index (κ3) is 3.78. The van der Waals surface area contributed by atoms with E-state index < -0.39 is 19.9 Å². The molecule has 2 rings (SSSR count). The van der Waals surface area contributed by atoms with E-state index in [0.717, 1.165) is 0 Å². The predicted octanol–water partition coefficient (Wildman–Crippen LogP) is -1.41. The van der Waals surface area contributed by atoms with Gasteiger partial charge in [0.2, 0.25) is 10.0 Å². The lowest BCUT2D eigenvalue weighted by atomic mass is 10.1. The van der Waals surface area contributed by atoms with Crippen LogP contribution in [0.15, 0.2) is 17.3 Å². The summed E-state index contributed by atoms with van der Waals surface area (Å²) >= 11 is 0. The minimum absolute atomic E-state index is 0.00630. The van der Waals surface area contributed by atoms with Crippen LogP contribution < -0.4 is 4.72 Å². The lowest BCUT2D eigenvalue weighted by Gasteiger charge is -2.08. The minimum Gasteiger partial charge on any atom is -0.394 e. The Morgan fingerprint density at radius 3 is 2.85 bits per heavy atom. The smallest absolute Gasteiger partial charge is 0.243 e. The van der Waals surface area contributed by atoms with Gasteiger partial charge in [0.25, 0.3) is 0 Å². The molecular formula is C10H17N3O5S2. The van der Waals surface area contributed by atoms with E-state index >= 15 is 0 Å². The SMILES string of the molecule is O=S1(=O)CCC(CNS(=O)(=O)c2cnn(CCO)c2)C1. The molecule has 0 spiro atoms. The van der Waals surface area contributed by atoms with Crippen LogP contribution in [-0.4, -0.2) is 56.4 Å². The molecule has 0 aliphatic carbocycles. The average Bonchev–Trinajstić information content (AvgIpc) is 2.94. The van der Waals surface area contributed by atoms with E-state index in [9.17, 15) is 16.8 Å². The van der Waals surface area contributed by atoms with E-state index in [1.807, 2.05) is 0 Å². The van der Waals surface area contributed by atoms with Gasteiger partial charge in [0.1, 0.15) is 4.90 Å². The minimum atomic E-state index is -3.69. The molecular weight excluding hydrogens is 306 g/mol. The van der Waals surface area contributed by atoms with Crippen LogP contribution in [-0.2, 0) is 26.4 Å². The van der Waals surface area contributed by atoms with Gasteiger partial charge in [0, 0.05) is 12.7 Å². The van der Waals surface area contributed by atoms with Crippen LogP contribution in [0.5, 0.6) is 0 Å². The first-order valence-corrected chi connectivity index (χ1v) is 9.46. The highest BCUT2D eigenvalue weighted by molar-refractivity contribution is 7.91. The van der Waals surface area contributed by atoms with Gasteiger partial charge in [-0.2, -0.15) is 5.10 Å². The molecule has 20 heavy (non-hydrogen) atoms. The maximum atomic E-state index is 12.0. The van der Waals surface area contributed by atoms with Crippen molar-refractivity contribution in [3.63, 3.8) is 0 Å². The van der Waals surface area contributed by atoms with Crippen LogP contribution in [0.1, 0.15) is 6.42 Å². The second-order valence-electron chi connectivity index (χ2n) is 4.78. The molecule has 1 aliphatic rings. The van der Waals surface area contributed by atoms with Gasteiger partial charge in [-0.1, -0.05) is 0 Å². The second-order valence-corrected chi connectivity index (χ2v) is 8.78. The Hall–Kier alpha value is -0.970. The van der Waals surface area contributed by atoms with Gasteiger partial charge >= 0.3 is 0 Å². The van der Waals surface area contributed by atoms with Crippen LogP contribution >= 0.6 is 0 Å². The van der Waals surface area contributed by atoms with Crippen molar-refractivity contribution < 1.29 is 21.9 Å². The summed E-state index contributed by atoms with van der Waals surface area (Å²) < 4.78 is 50.3. The number of nitrogens with zero attached hydrogens (tertiary/aromatic N) is 2. The Balaban J connectivity index is 1.97. The quantitative estimate of drug-likeness (QED) is 0.664. The lowest BCUT2D eigenvalue weighted by molar-refractivity contribution is 0.269. The first-order chi connectivity index (χ1) is 9.32. The molecule has 1 unspecified atom stereocenters. The number of sulfone groups is 1.